The number of likely N-dealkylation sites (tertiary alicyclic amines) is 1. The van der Waals surface area contributed by atoms with Crippen LogP contribution in [0.2, 0.25) is 5.02 Å². The van der Waals surface area contributed by atoms with Gasteiger partial charge in [-0.2, -0.15) is 0 Å². The van der Waals surface area contributed by atoms with Gasteiger partial charge < -0.3 is 10.4 Å². The third-order valence-electron chi connectivity index (χ3n) is 4.11. The smallest absolute Gasteiger partial charge is 0.120 e. The molecule has 2 heterocycles. The Labute approximate surface area is 113 Å². The minimum absolute atomic E-state index is 0.349. The molecule has 0 bridgehead atoms. The Morgan fingerprint density at radius 1 is 1.39 bits per heavy atom. The molecule has 0 aromatic heterocycles. The number of benzene rings is 1. The van der Waals surface area contributed by atoms with Crippen LogP contribution in [0.25, 0.3) is 0 Å². The number of nitrogens with zero attached hydrogens (tertiary/aromatic N) is 1. The molecule has 2 atom stereocenters. The largest absolute Gasteiger partial charge is 0.508 e. The number of rotatable bonds is 2. The summed E-state index contributed by atoms with van der Waals surface area (Å²) in [6, 6.07) is 5.91. The summed E-state index contributed by atoms with van der Waals surface area (Å²) in [4.78, 5) is 2.42. The second kappa shape index (κ2) is 5.08. The van der Waals surface area contributed by atoms with Crippen molar-refractivity contribution in [3.05, 3.63) is 28.8 Å². The SMILES string of the molecule is Oc1ccc(Cl)cc1CN1C[C@@H]2CCCN[C@@H]2C1. The van der Waals surface area contributed by atoms with E-state index in [0.717, 1.165) is 37.7 Å². The third-order valence-corrected chi connectivity index (χ3v) is 4.35. The van der Waals surface area contributed by atoms with Gasteiger partial charge in [-0.25, -0.2) is 0 Å². The Bertz CT molecular complexity index is 424. The fourth-order valence-corrected chi connectivity index (χ4v) is 3.38. The van der Waals surface area contributed by atoms with E-state index in [1.807, 2.05) is 6.07 Å². The monoisotopic (exact) mass is 266 g/mol. The molecule has 18 heavy (non-hydrogen) atoms. The predicted molar refractivity (Wildman–Crippen MR) is 72.9 cm³/mol. The van der Waals surface area contributed by atoms with Crippen molar-refractivity contribution in [2.45, 2.75) is 25.4 Å². The lowest BCUT2D eigenvalue weighted by Crippen LogP contribution is -2.40. The first-order valence-corrected chi connectivity index (χ1v) is 7.03. The van der Waals surface area contributed by atoms with Crippen LogP contribution in [-0.2, 0) is 6.54 Å². The number of hydrogen-bond donors (Lipinski definition) is 2. The van der Waals surface area contributed by atoms with E-state index in [0.29, 0.717) is 16.8 Å². The summed E-state index contributed by atoms with van der Waals surface area (Å²) in [5.74, 6) is 1.13. The molecule has 1 aromatic rings. The van der Waals surface area contributed by atoms with Crippen LogP contribution in [0.15, 0.2) is 18.2 Å². The summed E-state index contributed by atoms with van der Waals surface area (Å²) < 4.78 is 0. The predicted octanol–water partition coefficient (Wildman–Crippen LogP) is 2.23. The maximum absolute atomic E-state index is 9.85. The Hall–Kier alpha value is -0.770. The van der Waals surface area contributed by atoms with E-state index >= 15 is 0 Å². The first kappa shape index (κ1) is 12.3. The highest BCUT2D eigenvalue weighted by molar-refractivity contribution is 6.30. The van der Waals surface area contributed by atoms with Gasteiger partial charge in [0.1, 0.15) is 5.75 Å². The molecular formula is C14H19ClN2O. The zero-order valence-corrected chi connectivity index (χ0v) is 11.2. The Morgan fingerprint density at radius 2 is 2.28 bits per heavy atom. The minimum atomic E-state index is 0.349. The average Bonchev–Trinajstić information content (AvgIpc) is 2.76. The van der Waals surface area contributed by atoms with Crippen molar-refractivity contribution in [1.29, 1.82) is 0 Å². The Morgan fingerprint density at radius 3 is 3.11 bits per heavy atom. The fraction of sp³-hybridized carbons (Fsp3) is 0.571. The lowest BCUT2D eigenvalue weighted by Gasteiger charge is -2.24. The summed E-state index contributed by atoms with van der Waals surface area (Å²) >= 11 is 5.98. The van der Waals surface area contributed by atoms with Gasteiger partial charge in [0.05, 0.1) is 0 Å². The van der Waals surface area contributed by atoms with Crippen molar-refractivity contribution in [2.75, 3.05) is 19.6 Å². The van der Waals surface area contributed by atoms with Gasteiger partial charge >= 0.3 is 0 Å². The van der Waals surface area contributed by atoms with E-state index in [9.17, 15) is 5.11 Å². The van der Waals surface area contributed by atoms with E-state index in [1.165, 1.54) is 12.8 Å². The van der Waals surface area contributed by atoms with E-state index in [-0.39, 0.29) is 0 Å². The highest BCUT2D eigenvalue weighted by Crippen LogP contribution is 2.28. The number of aromatic hydroxyl groups is 1. The molecular weight excluding hydrogens is 248 g/mol. The third kappa shape index (κ3) is 2.48. The zero-order valence-electron chi connectivity index (χ0n) is 10.4. The second-order valence-corrected chi connectivity index (χ2v) is 5.87. The van der Waals surface area contributed by atoms with E-state index in [2.05, 4.69) is 10.2 Å². The van der Waals surface area contributed by atoms with Gasteiger partial charge in [0.15, 0.2) is 0 Å². The van der Waals surface area contributed by atoms with Crippen LogP contribution >= 0.6 is 11.6 Å². The van der Waals surface area contributed by atoms with E-state index < -0.39 is 0 Å². The molecule has 0 unspecified atom stereocenters. The van der Waals surface area contributed by atoms with Gasteiger partial charge in [-0.15, -0.1) is 0 Å². The lowest BCUT2D eigenvalue weighted by atomic mass is 9.94. The van der Waals surface area contributed by atoms with Crippen molar-refractivity contribution in [3.63, 3.8) is 0 Å². The first-order chi connectivity index (χ1) is 8.72. The molecule has 2 aliphatic heterocycles. The first-order valence-electron chi connectivity index (χ1n) is 6.65. The normalized spacial score (nSPS) is 28.3. The van der Waals surface area contributed by atoms with Crippen LogP contribution in [0.5, 0.6) is 5.75 Å². The van der Waals surface area contributed by atoms with E-state index in [1.54, 1.807) is 12.1 Å². The van der Waals surface area contributed by atoms with Crippen LogP contribution in [0.1, 0.15) is 18.4 Å². The van der Waals surface area contributed by atoms with Crippen molar-refractivity contribution < 1.29 is 5.11 Å². The van der Waals surface area contributed by atoms with Crippen molar-refractivity contribution >= 4 is 11.6 Å². The van der Waals surface area contributed by atoms with Gasteiger partial charge in [-0.1, -0.05) is 11.6 Å². The minimum Gasteiger partial charge on any atom is -0.508 e. The maximum Gasteiger partial charge on any atom is 0.120 e. The second-order valence-electron chi connectivity index (χ2n) is 5.43. The molecule has 0 aliphatic carbocycles. The number of piperidine rings is 1. The van der Waals surface area contributed by atoms with Crippen LogP contribution in [-0.4, -0.2) is 35.7 Å². The topological polar surface area (TPSA) is 35.5 Å². The number of nitrogens with one attached hydrogen (secondary N) is 1. The van der Waals surface area contributed by atoms with Gasteiger partial charge in [0.2, 0.25) is 0 Å². The van der Waals surface area contributed by atoms with Crippen LogP contribution in [0, 0.1) is 5.92 Å². The Kier molecular flexibility index (Phi) is 3.46. The quantitative estimate of drug-likeness (QED) is 0.862. The van der Waals surface area contributed by atoms with Crippen molar-refractivity contribution in [2.24, 2.45) is 5.92 Å². The lowest BCUT2D eigenvalue weighted by molar-refractivity contribution is 0.307. The Balaban J connectivity index is 1.68. The standard InChI is InChI=1S/C14H19ClN2O/c15-12-3-4-14(18)11(6-12)8-17-7-10-2-1-5-16-13(10)9-17/h3-4,6,10,13,16,18H,1-2,5,7-9H2/t10-,13+/m0/s1. The van der Waals surface area contributed by atoms with Gasteiger partial charge in [0.25, 0.3) is 0 Å². The molecule has 2 N–H and O–H groups in total. The van der Waals surface area contributed by atoms with Gasteiger partial charge in [-0.05, 0) is 43.5 Å². The highest BCUT2D eigenvalue weighted by Gasteiger charge is 2.34. The number of halogens is 1. The molecule has 2 saturated heterocycles. The number of hydrogen-bond acceptors (Lipinski definition) is 3. The fourth-order valence-electron chi connectivity index (χ4n) is 3.19. The summed E-state index contributed by atoms with van der Waals surface area (Å²) in [5.41, 5.74) is 0.932. The molecule has 2 fully saturated rings. The highest BCUT2D eigenvalue weighted by atomic mass is 35.5. The molecule has 3 rings (SSSR count). The summed E-state index contributed by atoms with van der Waals surface area (Å²) in [6.45, 7) is 4.15. The summed E-state index contributed by atoms with van der Waals surface area (Å²) in [7, 11) is 0. The van der Waals surface area contributed by atoms with Crippen molar-refractivity contribution in [1.82, 2.24) is 10.2 Å². The van der Waals surface area contributed by atoms with Gasteiger partial charge in [0, 0.05) is 36.3 Å². The van der Waals surface area contributed by atoms with Crippen molar-refractivity contribution in [3.8, 4) is 5.75 Å². The molecule has 4 heteroatoms. The molecule has 0 amide bonds. The molecule has 3 nitrogen and oxygen atoms in total. The van der Waals surface area contributed by atoms with Crippen LogP contribution in [0.3, 0.4) is 0 Å². The summed E-state index contributed by atoms with van der Waals surface area (Å²) in [5, 5.41) is 14.1. The number of phenols is 1. The molecule has 1 aromatic carbocycles. The van der Waals surface area contributed by atoms with Gasteiger partial charge in [-0.3, -0.25) is 4.90 Å². The number of phenolic OH excluding ortho intramolecular Hbond substituents is 1. The number of fused-ring (bicyclic) bond motifs is 1. The molecule has 0 saturated carbocycles. The summed E-state index contributed by atoms with van der Waals surface area (Å²) in [6.07, 6.45) is 2.62. The van der Waals surface area contributed by atoms with Crippen LogP contribution in [0.4, 0.5) is 0 Å². The van der Waals surface area contributed by atoms with Crippen LogP contribution < -0.4 is 5.32 Å². The van der Waals surface area contributed by atoms with E-state index in [4.69, 9.17) is 11.6 Å². The zero-order chi connectivity index (χ0) is 12.5. The maximum atomic E-state index is 9.85. The molecule has 0 spiro atoms. The molecule has 0 radical (unpaired) electrons. The molecule has 2 aliphatic rings. The molecule has 98 valence electrons. The average molecular weight is 267 g/mol.